The first-order chi connectivity index (χ1) is 9.61. The van der Waals surface area contributed by atoms with Gasteiger partial charge in [0.2, 0.25) is 0 Å². The Kier molecular flexibility index (Phi) is 4.41. The van der Waals surface area contributed by atoms with Gasteiger partial charge in [-0.25, -0.2) is 0 Å². The lowest BCUT2D eigenvalue weighted by Crippen LogP contribution is -2.30. The van der Waals surface area contributed by atoms with E-state index in [1.165, 1.54) is 0 Å². The standard InChI is InChI=1S/C17H20N2O/c1-3-19(12-15-8-4-5-10-16(15)18)17(20)14-9-6-7-13(2)11-14/h4-11H,3,12,18H2,1-2H3. The summed E-state index contributed by atoms with van der Waals surface area (Å²) in [6.45, 7) is 5.16. The molecule has 0 aliphatic carbocycles. The molecule has 0 atom stereocenters. The number of nitrogens with two attached hydrogens (primary N) is 1. The van der Waals surface area contributed by atoms with Crippen LogP contribution in [0.15, 0.2) is 48.5 Å². The molecule has 20 heavy (non-hydrogen) atoms. The minimum Gasteiger partial charge on any atom is -0.398 e. The maximum absolute atomic E-state index is 12.5. The molecule has 0 aliphatic rings. The average Bonchev–Trinajstić information content (AvgIpc) is 2.46. The minimum atomic E-state index is 0.0412. The van der Waals surface area contributed by atoms with Gasteiger partial charge in [-0.1, -0.05) is 35.9 Å². The van der Waals surface area contributed by atoms with E-state index < -0.39 is 0 Å². The number of carbonyl (C=O) groups excluding carboxylic acids is 1. The number of nitrogens with zero attached hydrogens (tertiary/aromatic N) is 1. The number of benzene rings is 2. The summed E-state index contributed by atoms with van der Waals surface area (Å²) < 4.78 is 0. The van der Waals surface area contributed by atoms with Crippen LogP contribution in [0.1, 0.15) is 28.4 Å². The highest BCUT2D eigenvalue weighted by molar-refractivity contribution is 5.94. The molecule has 0 radical (unpaired) electrons. The van der Waals surface area contributed by atoms with E-state index in [9.17, 15) is 4.79 Å². The van der Waals surface area contributed by atoms with Crippen LogP contribution in [0.4, 0.5) is 5.69 Å². The molecule has 0 spiro atoms. The van der Waals surface area contributed by atoms with Crippen LogP contribution in [0, 0.1) is 6.92 Å². The molecule has 0 unspecified atom stereocenters. The summed E-state index contributed by atoms with van der Waals surface area (Å²) in [5.74, 6) is 0.0412. The molecule has 3 heteroatoms. The smallest absolute Gasteiger partial charge is 0.254 e. The number of nitrogen functional groups attached to an aromatic ring is 1. The molecule has 0 aliphatic heterocycles. The molecule has 2 rings (SSSR count). The Hall–Kier alpha value is -2.29. The number of rotatable bonds is 4. The normalized spacial score (nSPS) is 10.3. The van der Waals surface area contributed by atoms with Crippen molar-refractivity contribution in [1.82, 2.24) is 4.90 Å². The van der Waals surface area contributed by atoms with Crippen molar-refractivity contribution in [2.45, 2.75) is 20.4 Å². The third-order valence-electron chi connectivity index (χ3n) is 3.35. The van der Waals surface area contributed by atoms with Gasteiger partial charge in [0.1, 0.15) is 0 Å². The highest BCUT2D eigenvalue weighted by Gasteiger charge is 2.15. The molecule has 0 bridgehead atoms. The summed E-state index contributed by atoms with van der Waals surface area (Å²) in [6.07, 6.45) is 0. The largest absolute Gasteiger partial charge is 0.398 e. The highest BCUT2D eigenvalue weighted by Crippen LogP contribution is 2.16. The van der Waals surface area contributed by atoms with Crippen molar-refractivity contribution in [3.8, 4) is 0 Å². The van der Waals surface area contributed by atoms with Gasteiger partial charge in [0.25, 0.3) is 5.91 Å². The molecular formula is C17H20N2O. The van der Waals surface area contributed by atoms with Gasteiger partial charge in [-0.3, -0.25) is 4.79 Å². The second-order valence-electron chi connectivity index (χ2n) is 4.89. The Labute approximate surface area is 120 Å². The van der Waals surface area contributed by atoms with Crippen molar-refractivity contribution < 1.29 is 4.79 Å². The van der Waals surface area contributed by atoms with Gasteiger partial charge in [-0.05, 0) is 37.6 Å². The maximum Gasteiger partial charge on any atom is 0.254 e. The number of amides is 1. The lowest BCUT2D eigenvalue weighted by molar-refractivity contribution is 0.0753. The van der Waals surface area contributed by atoms with E-state index in [2.05, 4.69) is 0 Å². The van der Waals surface area contributed by atoms with Crippen molar-refractivity contribution in [2.75, 3.05) is 12.3 Å². The van der Waals surface area contributed by atoms with Crippen molar-refractivity contribution in [2.24, 2.45) is 0 Å². The summed E-state index contributed by atoms with van der Waals surface area (Å²) in [7, 11) is 0. The summed E-state index contributed by atoms with van der Waals surface area (Å²) in [4.78, 5) is 14.3. The van der Waals surface area contributed by atoms with Gasteiger partial charge in [0, 0.05) is 24.3 Å². The Balaban J connectivity index is 2.20. The molecule has 1 amide bonds. The van der Waals surface area contributed by atoms with E-state index in [1.54, 1.807) is 4.90 Å². The van der Waals surface area contributed by atoms with E-state index in [4.69, 9.17) is 5.73 Å². The summed E-state index contributed by atoms with van der Waals surface area (Å²) >= 11 is 0. The first-order valence-electron chi connectivity index (χ1n) is 6.81. The van der Waals surface area contributed by atoms with Crippen LogP contribution in [0.2, 0.25) is 0 Å². The van der Waals surface area contributed by atoms with Crippen LogP contribution in [-0.2, 0) is 6.54 Å². The molecule has 104 valence electrons. The van der Waals surface area contributed by atoms with E-state index in [0.29, 0.717) is 13.1 Å². The second-order valence-corrected chi connectivity index (χ2v) is 4.89. The maximum atomic E-state index is 12.5. The monoisotopic (exact) mass is 268 g/mol. The average molecular weight is 268 g/mol. The quantitative estimate of drug-likeness (QED) is 0.865. The van der Waals surface area contributed by atoms with E-state index in [0.717, 1.165) is 22.4 Å². The fourth-order valence-electron chi connectivity index (χ4n) is 2.17. The Morgan fingerprint density at radius 3 is 2.55 bits per heavy atom. The SMILES string of the molecule is CCN(Cc1ccccc1N)C(=O)c1cccc(C)c1. The van der Waals surface area contributed by atoms with Crippen LogP contribution in [0.5, 0.6) is 0 Å². The van der Waals surface area contributed by atoms with E-state index >= 15 is 0 Å². The highest BCUT2D eigenvalue weighted by atomic mass is 16.2. The number of para-hydroxylation sites is 1. The summed E-state index contributed by atoms with van der Waals surface area (Å²) in [5.41, 5.74) is 9.47. The van der Waals surface area contributed by atoms with Crippen LogP contribution in [0.25, 0.3) is 0 Å². The predicted octanol–water partition coefficient (Wildman–Crippen LogP) is 3.24. The molecule has 2 aromatic carbocycles. The first kappa shape index (κ1) is 14.1. The van der Waals surface area contributed by atoms with Crippen LogP contribution >= 0.6 is 0 Å². The van der Waals surface area contributed by atoms with Gasteiger partial charge in [-0.15, -0.1) is 0 Å². The summed E-state index contributed by atoms with van der Waals surface area (Å²) in [5, 5.41) is 0. The van der Waals surface area contributed by atoms with Crippen LogP contribution < -0.4 is 5.73 Å². The number of hydrogen-bond acceptors (Lipinski definition) is 2. The fourth-order valence-corrected chi connectivity index (χ4v) is 2.17. The molecular weight excluding hydrogens is 248 g/mol. The number of carbonyl (C=O) groups is 1. The first-order valence-corrected chi connectivity index (χ1v) is 6.81. The molecule has 0 aromatic heterocycles. The van der Waals surface area contributed by atoms with Gasteiger partial charge >= 0.3 is 0 Å². The predicted molar refractivity (Wildman–Crippen MR) is 82.4 cm³/mol. The second kappa shape index (κ2) is 6.24. The lowest BCUT2D eigenvalue weighted by Gasteiger charge is -2.22. The van der Waals surface area contributed by atoms with Gasteiger partial charge in [0.05, 0.1) is 0 Å². The van der Waals surface area contributed by atoms with Crippen LogP contribution in [0.3, 0.4) is 0 Å². The van der Waals surface area contributed by atoms with E-state index in [-0.39, 0.29) is 5.91 Å². The molecule has 2 aromatic rings. The number of hydrogen-bond donors (Lipinski definition) is 1. The zero-order chi connectivity index (χ0) is 14.5. The molecule has 0 saturated heterocycles. The number of anilines is 1. The fraction of sp³-hybridized carbons (Fsp3) is 0.235. The van der Waals surface area contributed by atoms with Gasteiger partial charge < -0.3 is 10.6 Å². The van der Waals surface area contributed by atoms with Crippen molar-refractivity contribution >= 4 is 11.6 Å². The Morgan fingerprint density at radius 1 is 1.15 bits per heavy atom. The minimum absolute atomic E-state index is 0.0412. The van der Waals surface area contributed by atoms with Crippen molar-refractivity contribution in [1.29, 1.82) is 0 Å². The molecule has 3 nitrogen and oxygen atoms in total. The van der Waals surface area contributed by atoms with Crippen LogP contribution in [-0.4, -0.2) is 17.4 Å². The van der Waals surface area contributed by atoms with Crippen molar-refractivity contribution in [3.63, 3.8) is 0 Å². The topological polar surface area (TPSA) is 46.3 Å². The number of aryl methyl sites for hydroxylation is 1. The van der Waals surface area contributed by atoms with E-state index in [1.807, 2.05) is 62.4 Å². The third kappa shape index (κ3) is 3.18. The zero-order valence-electron chi connectivity index (χ0n) is 12.0. The molecule has 0 heterocycles. The molecule has 0 fully saturated rings. The van der Waals surface area contributed by atoms with Gasteiger partial charge in [0.15, 0.2) is 0 Å². The van der Waals surface area contributed by atoms with Gasteiger partial charge in [-0.2, -0.15) is 0 Å². The van der Waals surface area contributed by atoms with Crippen molar-refractivity contribution in [3.05, 3.63) is 65.2 Å². The summed E-state index contributed by atoms with van der Waals surface area (Å²) in [6, 6.07) is 15.3. The lowest BCUT2D eigenvalue weighted by atomic mass is 10.1. The Bertz CT molecular complexity index is 607. The Morgan fingerprint density at radius 2 is 1.90 bits per heavy atom. The molecule has 0 saturated carbocycles. The zero-order valence-corrected chi connectivity index (χ0v) is 12.0. The molecule has 2 N–H and O–H groups in total. The third-order valence-corrected chi connectivity index (χ3v) is 3.35.